The molecule has 0 amide bonds. The maximum Gasteiger partial charge on any atom is 0.173 e. The molecular formula is C23H27NO4. The predicted octanol–water partition coefficient (Wildman–Crippen LogP) is 3.68. The highest BCUT2D eigenvalue weighted by atomic mass is 16.6. The minimum absolute atomic E-state index is 0.00242. The smallest absolute Gasteiger partial charge is 0.173 e. The fourth-order valence-electron chi connectivity index (χ4n) is 5.55. The third-order valence-corrected chi connectivity index (χ3v) is 6.64. The van der Waals surface area contributed by atoms with Crippen molar-refractivity contribution in [2.24, 2.45) is 11.8 Å². The Kier molecular flexibility index (Phi) is 4.81. The first-order valence-electron chi connectivity index (χ1n) is 10.2. The Bertz CT molecular complexity index is 871. The highest BCUT2D eigenvalue weighted by Crippen LogP contribution is 2.59. The van der Waals surface area contributed by atoms with Crippen molar-refractivity contribution in [3.8, 4) is 6.07 Å². The molecule has 0 spiro atoms. The molecule has 2 aliphatic heterocycles. The molecule has 1 aromatic rings. The van der Waals surface area contributed by atoms with Gasteiger partial charge in [0.25, 0.3) is 0 Å². The molecule has 0 unspecified atom stereocenters. The summed E-state index contributed by atoms with van der Waals surface area (Å²) in [5.74, 6) is -0.554. The topological polar surface area (TPSA) is 79.5 Å². The first-order chi connectivity index (χ1) is 13.5. The van der Waals surface area contributed by atoms with Crippen molar-refractivity contribution in [1.82, 2.24) is 0 Å². The summed E-state index contributed by atoms with van der Waals surface area (Å²) >= 11 is 0. The molecule has 2 heterocycles. The van der Waals surface area contributed by atoms with Crippen LogP contribution >= 0.6 is 0 Å². The van der Waals surface area contributed by atoms with E-state index in [1.54, 1.807) is 0 Å². The Labute approximate surface area is 166 Å². The van der Waals surface area contributed by atoms with Gasteiger partial charge in [-0.05, 0) is 49.3 Å². The number of carbonyl (C=O) groups is 1. The van der Waals surface area contributed by atoms with E-state index < -0.39 is 5.60 Å². The SMILES string of the molecule is CCc1cc(C)cc(CC)c1C1=C(O)[C@H]2[C@@H](C1=O)[C@@H]1CC[C@@]2(COCC#N)O1. The summed E-state index contributed by atoms with van der Waals surface area (Å²) in [6, 6.07) is 6.21. The van der Waals surface area contributed by atoms with Crippen LogP contribution in [0, 0.1) is 30.1 Å². The summed E-state index contributed by atoms with van der Waals surface area (Å²) in [4.78, 5) is 13.5. The number of hydrogen-bond acceptors (Lipinski definition) is 5. The molecule has 4 rings (SSSR count). The number of Topliss-reactive ketones (excluding diaryl/α,β-unsaturated/α-hetero) is 1. The Hall–Kier alpha value is -2.16. The number of allylic oxidation sites excluding steroid dienone is 1. The molecule has 28 heavy (non-hydrogen) atoms. The van der Waals surface area contributed by atoms with Gasteiger partial charge in [0, 0.05) is 0 Å². The van der Waals surface area contributed by atoms with Crippen molar-refractivity contribution in [2.75, 3.05) is 13.2 Å². The standard InChI is InChI=1S/C23H27NO4/c1-4-14-10-13(3)11-15(5-2)17(14)19-21(25)18-16-6-7-23(28-16,12-27-9-8-24)20(18)22(19)26/h10-11,16,18,20,26H,4-7,9,12H2,1-3H3/t16-,18-,20+,23-/m0/s1. The quantitative estimate of drug-likeness (QED) is 0.761. The Balaban J connectivity index is 1.82. The molecule has 1 N–H and O–H groups in total. The van der Waals surface area contributed by atoms with Gasteiger partial charge in [-0.15, -0.1) is 0 Å². The van der Waals surface area contributed by atoms with Gasteiger partial charge in [0.2, 0.25) is 0 Å². The number of aliphatic hydroxyl groups excluding tert-OH is 1. The van der Waals surface area contributed by atoms with Gasteiger partial charge < -0.3 is 14.6 Å². The third kappa shape index (κ3) is 2.62. The zero-order valence-electron chi connectivity index (χ0n) is 16.7. The molecule has 0 saturated carbocycles. The summed E-state index contributed by atoms with van der Waals surface area (Å²) in [5, 5.41) is 20.1. The Morgan fingerprint density at radius 1 is 1.32 bits per heavy atom. The van der Waals surface area contributed by atoms with Crippen LogP contribution in [-0.2, 0) is 27.1 Å². The van der Waals surface area contributed by atoms with Gasteiger partial charge in [-0.3, -0.25) is 4.79 Å². The highest BCUT2D eigenvalue weighted by Gasteiger charge is 2.66. The van der Waals surface area contributed by atoms with Crippen molar-refractivity contribution in [3.63, 3.8) is 0 Å². The van der Waals surface area contributed by atoms with Gasteiger partial charge >= 0.3 is 0 Å². The van der Waals surface area contributed by atoms with Crippen LogP contribution in [0.3, 0.4) is 0 Å². The lowest BCUT2D eigenvalue weighted by Crippen LogP contribution is -2.42. The number of nitrogens with zero attached hydrogens (tertiary/aromatic N) is 1. The number of aliphatic hydroxyl groups is 1. The van der Waals surface area contributed by atoms with E-state index in [1.807, 2.05) is 6.07 Å². The van der Waals surface area contributed by atoms with Crippen LogP contribution in [0.2, 0.25) is 0 Å². The normalized spacial score (nSPS) is 30.8. The number of ketones is 1. The van der Waals surface area contributed by atoms with Crippen LogP contribution in [0.5, 0.6) is 0 Å². The summed E-state index contributed by atoms with van der Waals surface area (Å²) < 4.78 is 11.7. The second-order valence-corrected chi connectivity index (χ2v) is 8.20. The van der Waals surface area contributed by atoms with E-state index in [0.717, 1.165) is 42.4 Å². The van der Waals surface area contributed by atoms with Crippen molar-refractivity contribution < 1.29 is 19.4 Å². The molecule has 1 aliphatic carbocycles. The third-order valence-electron chi connectivity index (χ3n) is 6.64. The summed E-state index contributed by atoms with van der Waals surface area (Å²) in [6.45, 7) is 6.45. The van der Waals surface area contributed by atoms with Gasteiger partial charge in [-0.1, -0.05) is 31.5 Å². The number of benzene rings is 1. The fraction of sp³-hybridized carbons (Fsp3) is 0.565. The largest absolute Gasteiger partial charge is 0.511 e. The number of nitriles is 1. The second kappa shape index (κ2) is 7.02. The first kappa shape index (κ1) is 19.2. The zero-order chi connectivity index (χ0) is 20.1. The van der Waals surface area contributed by atoms with E-state index in [9.17, 15) is 9.90 Å². The van der Waals surface area contributed by atoms with Gasteiger partial charge in [0.05, 0.1) is 36.2 Å². The summed E-state index contributed by atoms with van der Waals surface area (Å²) in [6.07, 6.45) is 2.96. The molecule has 2 fully saturated rings. The van der Waals surface area contributed by atoms with Gasteiger partial charge in [0.1, 0.15) is 18.0 Å². The Morgan fingerprint density at radius 3 is 2.61 bits per heavy atom. The monoisotopic (exact) mass is 381 g/mol. The predicted molar refractivity (Wildman–Crippen MR) is 105 cm³/mol. The molecular weight excluding hydrogens is 354 g/mol. The number of rotatable bonds is 6. The van der Waals surface area contributed by atoms with E-state index in [4.69, 9.17) is 14.7 Å². The minimum Gasteiger partial charge on any atom is -0.511 e. The van der Waals surface area contributed by atoms with Crippen LogP contribution < -0.4 is 0 Å². The van der Waals surface area contributed by atoms with Crippen LogP contribution in [0.15, 0.2) is 17.9 Å². The summed E-state index contributed by atoms with van der Waals surface area (Å²) in [7, 11) is 0. The van der Waals surface area contributed by atoms with Gasteiger partial charge in [-0.2, -0.15) is 5.26 Å². The molecule has 4 atom stereocenters. The van der Waals surface area contributed by atoms with Crippen LogP contribution in [0.25, 0.3) is 5.57 Å². The molecule has 0 radical (unpaired) electrons. The maximum atomic E-state index is 13.5. The Morgan fingerprint density at radius 2 is 2.00 bits per heavy atom. The lowest BCUT2D eigenvalue weighted by molar-refractivity contribution is -0.118. The van der Waals surface area contributed by atoms with E-state index in [-0.39, 0.29) is 42.7 Å². The van der Waals surface area contributed by atoms with Gasteiger partial charge in [0.15, 0.2) is 5.78 Å². The number of aryl methyl sites for hydroxylation is 3. The fourth-order valence-corrected chi connectivity index (χ4v) is 5.55. The van der Waals surface area contributed by atoms with E-state index in [1.165, 1.54) is 5.56 Å². The maximum absolute atomic E-state index is 13.5. The lowest BCUT2D eigenvalue weighted by atomic mass is 9.73. The number of fused-ring (bicyclic) bond motifs is 5. The average molecular weight is 381 g/mol. The van der Waals surface area contributed by atoms with Crippen molar-refractivity contribution >= 4 is 11.4 Å². The second-order valence-electron chi connectivity index (χ2n) is 8.20. The van der Waals surface area contributed by atoms with Crippen molar-refractivity contribution in [1.29, 1.82) is 5.26 Å². The molecule has 5 nitrogen and oxygen atoms in total. The van der Waals surface area contributed by atoms with E-state index >= 15 is 0 Å². The average Bonchev–Trinajstić information content (AvgIpc) is 3.32. The van der Waals surface area contributed by atoms with E-state index in [0.29, 0.717) is 5.57 Å². The lowest BCUT2D eigenvalue weighted by Gasteiger charge is -2.32. The number of ether oxygens (including phenoxy) is 2. The van der Waals surface area contributed by atoms with Crippen LogP contribution in [-0.4, -0.2) is 35.8 Å². The van der Waals surface area contributed by atoms with Crippen molar-refractivity contribution in [3.05, 3.63) is 40.1 Å². The molecule has 2 saturated heterocycles. The number of hydrogen-bond donors (Lipinski definition) is 1. The molecule has 3 aliphatic rings. The highest BCUT2D eigenvalue weighted by molar-refractivity contribution is 6.26. The molecule has 148 valence electrons. The first-order valence-corrected chi connectivity index (χ1v) is 10.2. The van der Waals surface area contributed by atoms with Gasteiger partial charge in [-0.25, -0.2) is 0 Å². The molecule has 1 aromatic carbocycles. The zero-order valence-corrected chi connectivity index (χ0v) is 16.7. The van der Waals surface area contributed by atoms with Crippen molar-refractivity contribution in [2.45, 2.75) is 58.2 Å². The molecule has 5 heteroatoms. The summed E-state index contributed by atoms with van der Waals surface area (Å²) in [5.41, 5.74) is 4.10. The van der Waals surface area contributed by atoms with Crippen LogP contribution in [0.1, 0.15) is 48.9 Å². The molecule has 0 aromatic heterocycles. The van der Waals surface area contributed by atoms with Crippen LogP contribution in [0.4, 0.5) is 0 Å². The van der Waals surface area contributed by atoms with E-state index in [2.05, 4.69) is 32.9 Å². The minimum atomic E-state index is -0.697. The molecule has 2 bridgehead atoms. The number of carbonyl (C=O) groups excluding carboxylic acids is 1.